The van der Waals surface area contributed by atoms with Crippen LogP contribution in [0.5, 0.6) is 11.5 Å². The Morgan fingerprint density at radius 1 is 0.889 bits per heavy atom. The molecule has 0 aliphatic carbocycles. The smallest absolute Gasteiger partial charge is 0.127 e. The van der Waals surface area contributed by atoms with Crippen LogP contribution in [-0.4, -0.2) is 4.75 Å². The summed E-state index contributed by atoms with van der Waals surface area (Å²) in [5.74, 6) is 1.72. The molecule has 0 spiro atoms. The first kappa shape index (κ1) is 13.0. The lowest BCUT2D eigenvalue weighted by molar-refractivity contribution is 0.482. The van der Waals surface area contributed by atoms with Crippen molar-refractivity contribution in [3.05, 3.63) is 60.2 Å². The molecule has 0 fully saturated rings. The van der Waals surface area contributed by atoms with Gasteiger partial charge in [-0.05, 0) is 36.2 Å². The Hall–Kier alpha value is -1.41. The Balaban J connectivity index is 2.04. The van der Waals surface area contributed by atoms with Gasteiger partial charge in [0, 0.05) is 4.75 Å². The van der Waals surface area contributed by atoms with E-state index in [1.54, 1.807) is 0 Å². The maximum atomic E-state index is 5.74. The maximum absolute atomic E-state index is 5.74. The minimum absolute atomic E-state index is 0.0157. The summed E-state index contributed by atoms with van der Waals surface area (Å²) in [4.78, 5) is 0. The van der Waals surface area contributed by atoms with Crippen LogP contribution in [0.25, 0.3) is 0 Å². The molecule has 0 atom stereocenters. The van der Waals surface area contributed by atoms with E-state index < -0.39 is 0 Å². The normalized spacial score (nSPS) is 11.3. The monoisotopic (exact) mass is 258 g/mol. The molecule has 0 amide bonds. The van der Waals surface area contributed by atoms with Crippen LogP contribution in [-0.2, 0) is 6.42 Å². The molecular weight excluding hydrogens is 240 g/mol. The van der Waals surface area contributed by atoms with Gasteiger partial charge in [-0.25, -0.2) is 0 Å². The van der Waals surface area contributed by atoms with Gasteiger partial charge in [0.05, 0.1) is 0 Å². The van der Waals surface area contributed by atoms with Crippen molar-refractivity contribution in [2.45, 2.75) is 25.0 Å². The van der Waals surface area contributed by atoms with E-state index in [4.69, 9.17) is 4.74 Å². The van der Waals surface area contributed by atoms with Crippen LogP contribution in [0.2, 0.25) is 0 Å². The van der Waals surface area contributed by atoms with E-state index in [9.17, 15) is 0 Å². The molecule has 0 unspecified atom stereocenters. The van der Waals surface area contributed by atoms with Crippen molar-refractivity contribution in [1.29, 1.82) is 0 Å². The highest BCUT2D eigenvalue weighted by Gasteiger charge is 2.12. The van der Waals surface area contributed by atoms with Crippen molar-refractivity contribution in [3.63, 3.8) is 0 Å². The fourth-order valence-electron chi connectivity index (χ4n) is 1.80. The predicted octanol–water partition coefficient (Wildman–Crippen LogP) is 4.73. The third kappa shape index (κ3) is 4.11. The zero-order chi connectivity index (χ0) is 13.0. The van der Waals surface area contributed by atoms with Gasteiger partial charge < -0.3 is 4.74 Å². The Morgan fingerprint density at radius 3 is 2.00 bits per heavy atom. The Morgan fingerprint density at radius 2 is 1.44 bits per heavy atom. The lowest BCUT2D eigenvalue weighted by Crippen LogP contribution is -2.13. The van der Waals surface area contributed by atoms with Crippen LogP contribution in [0.15, 0.2) is 54.6 Å². The quantitative estimate of drug-likeness (QED) is 0.780. The van der Waals surface area contributed by atoms with E-state index in [-0.39, 0.29) is 4.75 Å². The van der Waals surface area contributed by atoms with Crippen molar-refractivity contribution in [1.82, 2.24) is 0 Å². The van der Waals surface area contributed by atoms with E-state index >= 15 is 0 Å². The molecule has 94 valence electrons. The lowest BCUT2D eigenvalue weighted by atomic mass is 10.0. The highest BCUT2D eigenvalue weighted by Crippen LogP contribution is 2.24. The number of hydrogen-bond donors (Lipinski definition) is 1. The van der Waals surface area contributed by atoms with Crippen LogP contribution in [0.1, 0.15) is 19.4 Å². The van der Waals surface area contributed by atoms with Crippen molar-refractivity contribution < 1.29 is 4.74 Å². The van der Waals surface area contributed by atoms with Crippen LogP contribution >= 0.6 is 12.6 Å². The second kappa shape index (κ2) is 5.49. The third-order valence-electron chi connectivity index (χ3n) is 2.54. The van der Waals surface area contributed by atoms with Crippen molar-refractivity contribution in [3.8, 4) is 11.5 Å². The number of benzene rings is 2. The molecule has 2 aromatic carbocycles. The SMILES string of the molecule is CC(C)(S)Cc1ccc(Oc2ccccc2)cc1. The largest absolute Gasteiger partial charge is 0.457 e. The molecular formula is C16H18OS. The summed E-state index contributed by atoms with van der Waals surface area (Å²) >= 11 is 4.54. The molecule has 2 heteroatoms. The third-order valence-corrected chi connectivity index (χ3v) is 2.70. The Kier molecular flexibility index (Phi) is 3.97. The summed E-state index contributed by atoms with van der Waals surface area (Å²) in [6.07, 6.45) is 0.946. The van der Waals surface area contributed by atoms with Crippen LogP contribution in [0.3, 0.4) is 0 Å². The first-order valence-corrected chi connectivity index (χ1v) is 6.52. The van der Waals surface area contributed by atoms with Gasteiger partial charge in [-0.1, -0.05) is 44.2 Å². The summed E-state index contributed by atoms with van der Waals surface area (Å²) in [6, 6.07) is 18.0. The second-order valence-corrected chi connectivity index (χ2v) is 6.26. The Bertz CT molecular complexity index is 483. The van der Waals surface area contributed by atoms with Crippen molar-refractivity contribution in [2.75, 3.05) is 0 Å². The molecule has 2 aromatic rings. The summed E-state index contributed by atoms with van der Waals surface area (Å²) in [5, 5.41) is 0. The van der Waals surface area contributed by atoms with Gasteiger partial charge >= 0.3 is 0 Å². The van der Waals surface area contributed by atoms with Gasteiger partial charge in [-0.15, -0.1) is 0 Å². The van der Waals surface area contributed by atoms with Gasteiger partial charge in [0.15, 0.2) is 0 Å². The summed E-state index contributed by atoms with van der Waals surface area (Å²) in [5.41, 5.74) is 1.27. The van der Waals surface area contributed by atoms with Crippen LogP contribution in [0.4, 0.5) is 0 Å². The fraction of sp³-hybridized carbons (Fsp3) is 0.250. The second-order valence-electron chi connectivity index (χ2n) is 5.05. The minimum atomic E-state index is 0.0157. The minimum Gasteiger partial charge on any atom is -0.457 e. The number of para-hydroxylation sites is 1. The molecule has 0 saturated heterocycles. The van der Waals surface area contributed by atoms with Gasteiger partial charge in [0.25, 0.3) is 0 Å². The van der Waals surface area contributed by atoms with Crippen LogP contribution < -0.4 is 4.74 Å². The number of thiol groups is 1. The standard InChI is InChI=1S/C16H18OS/c1-16(2,18)12-13-8-10-15(11-9-13)17-14-6-4-3-5-7-14/h3-11,18H,12H2,1-2H3. The average Bonchev–Trinajstić information content (AvgIpc) is 2.31. The zero-order valence-electron chi connectivity index (χ0n) is 10.8. The molecule has 0 aliphatic rings. The molecule has 0 N–H and O–H groups in total. The van der Waals surface area contributed by atoms with E-state index in [0.717, 1.165) is 17.9 Å². The highest BCUT2D eigenvalue weighted by atomic mass is 32.1. The molecule has 0 radical (unpaired) electrons. The molecule has 0 aromatic heterocycles. The zero-order valence-corrected chi connectivity index (χ0v) is 11.7. The molecule has 0 aliphatic heterocycles. The molecule has 1 nitrogen and oxygen atoms in total. The van der Waals surface area contributed by atoms with Gasteiger partial charge in [0.1, 0.15) is 11.5 Å². The average molecular weight is 258 g/mol. The fourth-order valence-corrected chi connectivity index (χ4v) is 1.98. The van der Waals surface area contributed by atoms with Crippen molar-refractivity contribution in [2.24, 2.45) is 0 Å². The van der Waals surface area contributed by atoms with Crippen LogP contribution in [0, 0.1) is 0 Å². The summed E-state index contributed by atoms with van der Waals surface area (Å²) in [7, 11) is 0. The molecule has 0 bridgehead atoms. The molecule has 2 rings (SSSR count). The number of hydrogen-bond acceptors (Lipinski definition) is 2. The maximum Gasteiger partial charge on any atom is 0.127 e. The molecule has 0 saturated carbocycles. The van der Waals surface area contributed by atoms with E-state index in [2.05, 4.69) is 38.6 Å². The first-order chi connectivity index (χ1) is 8.53. The van der Waals surface area contributed by atoms with E-state index in [0.29, 0.717) is 0 Å². The highest BCUT2D eigenvalue weighted by molar-refractivity contribution is 7.81. The van der Waals surface area contributed by atoms with Crippen molar-refractivity contribution >= 4 is 12.6 Å². The topological polar surface area (TPSA) is 9.23 Å². The Labute approximate surface area is 114 Å². The summed E-state index contributed by atoms with van der Waals surface area (Å²) in [6.45, 7) is 4.23. The summed E-state index contributed by atoms with van der Waals surface area (Å²) < 4.78 is 5.76. The first-order valence-electron chi connectivity index (χ1n) is 6.07. The predicted molar refractivity (Wildman–Crippen MR) is 79.7 cm³/mol. The van der Waals surface area contributed by atoms with Gasteiger partial charge in [-0.3, -0.25) is 0 Å². The van der Waals surface area contributed by atoms with Gasteiger partial charge in [-0.2, -0.15) is 12.6 Å². The van der Waals surface area contributed by atoms with Gasteiger partial charge in [0.2, 0.25) is 0 Å². The molecule has 18 heavy (non-hydrogen) atoms. The number of ether oxygens (including phenoxy) is 1. The lowest BCUT2D eigenvalue weighted by Gasteiger charge is -2.17. The molecule has 0 heterocycles. The van der Waals surface area contributed by atoms with E-state index in [1.807, 2.05) is 42.5 Å². The van der Waals surface area contributed by atoms with E-state index in [1.165, 1.54) is 5.56 Å². The number of rotatable bonds is 4.